The van der Waals surface area contributed by atoms with Crippen molar-refractivity contribution in [2.45, 2.75) is 13.1 Å². The number of imidazole rings is 1. The number of rotatable bonds is 1. The lowest BCUT2D eigenvalue weighted by Crippen LogP contribution is -2.34. The highest BCUT2D eigenvalue weighted by Crippen LogP contribution is 2.24. The molecule has 0 atom stereocenters. The van der Waals surface area contributed by atoms with Gasteiger partial charge in [-0.3, -0.25) is 0 Å². The molecule has 2 aromatic heterocycles. The molecule has 18 heavy (non-hydrogen) atoms. The van der Waals surface area contributed by atoms with Crippen LogP contribution in [0.1, 0.15) is 11.4 Å². The summed E-state index contributed by atoms with van der Waals surface area (Å²) in [5.74, 6) is 1.73. The monoisotopic (exact) mass is 240 g/mol. The van der Waals surface area contributed by atoms with Gasteiger partial charge in [-0.25, -0.2) is 9.97 Å². The average molecular weight is 240 g/mol. The summed E-state index contributed by atoms with van der Waals surface area (Å²) in [5, 5.41) is 8.79. The van der Waals surface area contributed by atoms with Gasteiger partial charge in [0, 0.05) is 31.7 Å². The molecular weight excluding hydrogens is 228 g/mol. The fraction of sp³-hybridized carbons (Fsp3) is 0.250. The predicted molar refractivity (Wildman–Crippen MR) is 66.6 cm³/mol. The van der Waals surface area contributed by atoms with E-state index in [1.165, 1.54) is 0 Å². The number of aromatic nitrogens is 3. The van der Waals surface area contributed by atoms with E-state index in [1.807, 2.05) is 12.3 Å². The van der Waals surface area contributed by atoms with Crippen molar-refractivity contribution in [1.82, 2.24) is 14.5 Å². The summed E-state index contributed by atoms with van der Waals surface area (Å²) < 4.78 is 2.12. The molecular formula is C12H12N6. The standard InChI is InChI=1S/C12H12N6/c13-6-9-5-10(14)12(16-7-9)18-4-3-17-2-1-15-11(17)8-18/h1-2,5,7H,3-4,8,14H2. The number of pyridine rings is 1. The molecule has 2 N–H and O–H groups in total. The van der Waals surface area contributed by atoms with Crippen molar-refractivity contribution in [3.05, 3.63) is 36.0 Å². The summed E-state index contributed by atoms with van der Waals surface area (Å²) >= 11 is 0. The minimum Gasteiger partial charge on any atom is -0.396 e. The Balaban J connectivity index is 1.91. The SMILES string of the molecule is N#Cc1cnc(N2CCn3ccnc3C2)c(N)c1. The molecule has 3 rings (SSSR count). The van der Waals surface area contributed by atoms with Crippen LogP contribution in [0.4, 0.5) is 11.5 Å². The molecule has 0 saturated heterocycles. The van der Waals surface area contributed by atoms with E-state index in [4.69, 9.17) is 11.0 Å². The number of hydrogen-bond donors (Lipinski definition) is 1. The molecule has 0 radical (unpaired) electrons. The zero-order chi connectivity index (χ0) is 12.5. The van der Waals surface area contributed by atoms with Gasteiger partial charge in [0.05, 0.1) is 17.8 Å². The van der Waals surface area contributed by atoms with Gasteiger partial charge in [0.1, 0.15) is 11.9 Å². The molecule has 0 fully saturated rings. The van der Waals surface area contributed by atoms with Gasteiger partial charge in [-0.2, -0.15) is 5.26 Å². The highest BCUT2D eigenvalue weighted by Gasteiger charge is 2.19. The van der Waals surface area contributed by atoms with Crippen LogP contribution in [0.3, 0.4) is 0 Å². The first kappa shape index (κ1) is 10.6. The van der Waals surface area contributed by atoms with Gasteiger partial charge in [-0.05, 0) is 6.07 Å². The number of nitrogen functional groups attached to an aromatic ring is 1. The molecule has 0 unspecified atom stereocenters. The molecule has 3 heterocycles. The summed E-state index contributed by atoms with van der Waals surface area (Å²) in [6.07, 6.45) is 5.32. The molecule has 6 heteroatoms. The highest BCUT2D eigenvalue weighted by atomic mass is 15.3. The highest BCUT2D eigenvalue weighted by molar-refractivity contribution is 5.64. The Morgan fingerprint density at radius 3 is 3.00 bits per heavy atom. The van der Waals surface area contributed by atoms with Crippen molar-refractivity contribution in [2.75, 3.05) is 17.2 Å². The van der Waals surface area contributed by atoms with Gasteiger partial charge in [0.2, 0.25) is 0 Å². The third kappa shape index (κ3) is 1.66. The van der Waals surface area contributed by atoms with E-state index < -0.39 is 0 Å². The van der Waals surface area contributed by atoms with Crippen LogP contribution >= 0.6 is 0 Å². The van der Waals surface area contributed by atoms with Crippen molar-refractivity contribution in [1.29, 1.82) is 5.26 Å². The third-order valence-electron chi connectivity index (χ3n) is 3.07. The second-order valence-corrected chi connectivity index (χ2v) is 4.21. The summed E-state index contributed by atoms with van der Waals surface area (Å²) in [7, 11) is 0. The first-order chi connectivity index (χ1) is 8.78. The van der Waals surface area contributed by atoms with Crippen molar-refractivity contribution >= 4 is 11.5 Å². The fourth-order valence-electron chi connectivity index (χ4n) is 2.15. The van der Waals surface area contributed by atoms with Crippen molar-refractivity contribution in [3.8, 4) is 6.07 Å². The predicted octanol–water partition coefficient (Wildman–Crippen LogP) is 0.752. The maximum atomic E-state index is 8.79. The molecule has 2 aromatic rings. The molecule has 0 bridgehead atoms. The lowest BCUT2D eigenvalue weighted by atomic mass is 10.2. The van der Waals surface area contributed by atoms with Gasteiger partial charge in [-0.15, -0.1) is 0 Å². The average Bonchev–Trinajstić information content (AvgIpc) is 2.85. The van der Waals surface area contributed by atoms with Crippen LogP contribution in [0.2, 0.25) is 0 Å². The summed E-state index contributed by atoms with van der Waals surface area (Å²) in [4.78, 5) is 10.6. The zero-order valence-corrected chi connectivity index (χ0v) is 9.74. The number of fused-ring (bicyclic) bond motifs is 1. The van der Waals surface area contributed by atoms with Crippen molar-refractivity contribution < 1.29 is 0 Å². The van der Waals surface area contributed by atoms with E-state index in [9.17, 15) is 0 Å². The number of nitriles is 1. The second-order valence-electron chi connectivity index (χ2n) is 4.21. The van der Waals surface area contributed by atoms with Crippen LogP contribution in [0.15, 0.2) is 24.7 Å². The van der Waals surface area contributed by atoms with E-state index in [1.54, 1.807) is 18.5 Å². The topological polar surface area (TPSA) is 83.8 Å². The van der Waals surface area contributed by atoms with E-state index in [0.717, 1.165) is 24.7 Å². The van der Waals surface area contributed by atoms with Crippen LogP contribution in [-0.2, 0) is 13.1 Å². The van der Waals surface area contributed by atoms with Crippen LogP contribution in [0.25, 0.3) is 0 Å². The van der Waals surface area contributed by atoms with E-state index in [0.29, 0.717) is 17.8 Å². The minimum absolute atomic E-state index is 0.481. The van der Waals surface area contributed by atoms with E-state index in [-0.39, 0.29) is 0 Å². The smallest absolute Gasteiger partial charge is 0.152 e. The number of nitrogens with zero attached hydrogens (tertiary/aromatic N) is 5. The molecule has 90 valence electrons. The van der Waals surface area contributed by atoms with Gasteiger partial charge < -0.3 is 15.2 Å². The molecule has 1 aliphatic heterocycles. The fourth-order valence-corrected chi connectivity index (χ4v) is 2.15. The van der Waals surface area contributed by atoms with Crippen LogP contribution in [-0.4, -0.2) is 21.1 Å². The Morgan fingerprint density at radius 2 is 2.22 bits per heavy atom. The first-order valence-corrected chi connectivity index (χ1v) is 5.68. The number of nitrogens with two attached hydrogens (primary N) is 1. The molecule has 6 nitrogen and oxygen atoms in total. The van der Waals surface area contributed by atoms with Crippen molar-refractivity contribution in [3.63, 3.8) is 0 Å². The lowest BCUT2D eigenvalue weighted by molar-refractivity contribution is 0.556. The Morgan fingerprint density at radius 1 is 1.33 bits per heavy atom. The first-order valence-electron chi connectivity index (χ1n) is 5.68. The Bertz CT molecular complexity index is 624. The van der Waals surface area contributed by atoms with Gasteiger partial charge in [-0.1, -0.05) is 0 Å². The molecule has 0 aliphatic carbocycles. The normalized spacial score (nSPS) is 14.1. The molecule has 0 amide bonds. The second kappa shape index (κ2) is 4.04. The molecule has 0 aromatic carbocycles. The Labute approximate surface area is 104 Å². The summed E-state index contributed by atoms with van der Waals surface area (Å²) in [6, 6.07) is 3.69. The Hall–Kier alpha value is -2.55. The molecule has 0 saturated carbocycles. The van der Waals surface area contributed by atoms with Crippen LogP contribution in [0, 0.1) is 11.3 Å². The largest absolute Gasteiger partial charge is 0.396 e. The molecule has 0 spiro atoms. The molecule has 1 aliphatic rings. The minimum atomic E-state index is 0.481. The van der Waals surface area contributed by atoms with Gasteiger partial charge >= 0.3 is 0 Å². The van der Waals surface area contributed by atoms with Crippen LogP contribution in [0.5, 0.6) is 0 Å². The van der Waals surface area contributed by atoms with Gasteiger partial charge in [0.25, 0.3) is 0 Å². The Kier molecular flexibility index (Phi) is 2.38. The summed E-state index contributed by atoms with van der Waals surface area (Å²) in [5.41, 5.74) is 6.96. The third-order valence-corrected chi connectivity index (χ3v) is 3.07. The van der Waals surface area contributed by atoms with Crippen LogP contribution < -0.4 is 10.6 Å². The maximum Gasteiger partial charge on any atom is 0.152 e. The quantitative estimate of drug-likeness (QED) is 0.795. The van der Waals surface area contributed by atoms with E-state index in [2.05, 4.69) is 19.4 Å². The van der Waals surface area contributed by atoms with Crippen molar-refractivity contribution in [2.24, 2.45) is 0 Å². The van der Waals surface area contributed by atoms with Gasteiger partial charge in [0.15, 0.2) is 5.82 Å². The van der Waals surface area contributed by atoms with E-state index >= 15 is 0 Å². The zero-order valence-electron chi connectivity index (χ0n) is 9.74. The lowest BCUT2D eigenvalue weighted by Gasteiger charge is -2.29. The number of anilines is 2. The maximum absolute atomic E-state index is 8.79. The number of hydrogen-bond acceptors (Lipinski definition) is 5. The summed E-state index contributed by atoms with van der Waals surface area (Å²) in [6.45, 7) is 2.40.